The molecule has 0 aromatic carbocycles. The molecule has 0 saturated heterocycles. The molecule has 1 fully saturated rings. The molecule has 88 valence electrons. The molecule has 16 heavy (non-hydrogen) atoms. The molecule has 1 aliphatic rings. The van der Waals surface area contributed by atoms with Crippen LogP contribution in [0, 0.1) is 0 Å². The van der Waals surface area contributed by atoms with Gasteiger partial charge in [-0.3, -0.25) is 0 Å². The van der Waals surface area contributed by atoms with Crippen molar-refractivity contribution in [2.24, 2.45) is 0 Å². The van der Waals surface area contributed by atoms with Gasteiger partial charge in [0.25, 0.3) is 5.82 Å². The summed E-state index contributed by atoms with van der Waals surface area (Å²) < 4.78 is 42.7. The second-order valence-electron chi connectivity index (χ2n) is 3.66. The smallest absolute Gasteiger partial charge is 0.403 e. The number of hydrogen-bond acceptors (Lipinski definition) is 4. The molecule has 1 N–H and O–H groups in total. The monoisotopic (exact) mass is 236 g/mol. The molecule has 8 heteroatoms. The fourth-order valence-electron chi connectivity index (χ4n) is 1.65. The van der Waals surface area contributed by atoms with E-state index >= 15 is 0 Å². The average Bonchev–Trinajstić information content (AvgIpc) is 2.47. The predicted molar refractivity (Wildman–Crippen MR) is 42.8 cm³/mol. The van der Waals surface area contributed by atoms with Crippen molar-refractivity contribution in [3.8, 4) is 0 Å². The number of carboxylic acid groups (broad SMARTS) is 1. The first-order valence-corrected chi connectivity index (χ1v) is 4.51. The topological polar surface area (TPSA) is 76.2 Å². The number of nitrogens with zero attached hydrogens (tertiary/aromatic N) is 2. The van der Waals surface area contributed by atoms with Gasteiger partial charge in [0.2, 0.25) is 5.89 Å². The first-order chi connectivity index (χ1) is 7.37. The highest BCUT2D eigenvalue weighted by atomic mass is 19.4. The number of alkyl halides is 3. The molecule has 0 aliphatic heterocycles. The van der Waals surface area contributed by atoms with Crippen molar-refractivity contribution in [2.45, 2.75) is 30.9 Å². The lowest BCUT2D eigenvalue weighted by atomic mass is 9.68. The van der Waals surface area contributed by atoms with Crippen molar-refractivity contribution >= 4 is 5.97 Å². The maximum absolute atomic E-state index is 12.8. The Morgan fingerprint density at radius 1 is 1.44 bits per heavy atom. The van der Waals surface area contributed by atoms with Crippen LogP contribution in [0.1, 0.15) is 35.8 Å². The Hall–Kier alpha value is -1.60. The molecule has 0 radical (unpaired) electrons. The van der Waals surface area contributed by atoms with Crippen LogP contribution in [-0.2, 0) is 5.41 Å². The van der Waals surface area contributed by atoms with Gasteiger partial charge in [-0.15, -0.1) is 0 Å². The second-order valence-corrected chi connectivity index (χ2v) is 3.66. The van der Waals surface area contributed by atoms with Crippen LogP contribution in [0.4, 0.5) is 13.2 Å². The van der Waals surface area contributed by atoms with Gasteiger partial charge in [0.1, 0.15) is 5.41 Å². The Kier molecular flexibility index (Phi) is 2.18. The van der Waals surface area contributed by atoms with E-state index in [0.29, 0.717) is 6.42 Å². The Bertz CT molecular complexity index is 422. The molecule has 1 aromatic rings. The molecule has 0 bridgehead atoms. The average molecular weight is 236 g/mol. The lowest BCUT2D eigenvalue weighted by molar-refractivity contribution is -0.220. The van der Waals surface area contributed by atoms with Gasteiger partial charge >= 0.3 is 12.1 Å². The minimum absolute atomic E-state index is 0.141. The quantitative estimate of drug-likeness (QED) is 0.846. The van der Waals surface area contributed by atoms with Gasteiger partial charge in [0, 0.05) is 0 Å². The highest BCUT2D eigenvalue weighted by Gasteiger charge is 2.63. The van der Waals surface area contributed by atoms with Crippen LogP contribution in [0.3, 0.4) is 0 Å². The van der Waals surface area contributed by atoms with Gasteiger partial charge in [0.05, 0.1) is 0 Å². The van der Waals surface area contributed by atoms with Crippen LogP contribution in [0.5, 0.6) is 0 Å². The van der Waals surface area contributed by atoms with Crippen molar-refractivity contribution in [3.05, 3.63) is 11.7 Å². The van der Waals surface area contributed by atoms with Crippen LogP contribution in [0.15, 0.2) is 4.52 Å². The predicted octanol–water partition coefficient (Wildman–Crippen LogP) is 1.75. The minimum atomic E-state index is -4.49. The summed E-state index contributed by atoms with van der Waals surface area (Å²) in [7, 11) is 0. The van der Waals surface area contributed by atoms with E-state index in [9.17, 15) is 18.0 Å². The van der Waals surface area contributed by atoms with Gasteiger partial charge in [-0.25, -0.2) is 4.79 Å². The summed E-state index contributed by atoms with van der Waals surface area (Å²) in [5, 5.41) is 11.5. The zero-order chi connectivity index (χ0) is 12.0. The second kappa shape index (κ2) is 3.19. The highest BCUT2D eigenvalue weighted by Crippen LogP contribution is 2.53. The first kappa shape index (κ1) is 10.9. The van der Waals surface area contributed by atoms with E-state index in [1.165, 1.54) is 0 Å². The molecular formula is C8H7F3N2O3. The van der Waals surface area contributed by atoms with E-state index in [-0.39, 0.29) is 12.8 Å². The lowest BCUT2D eigenvalue weighted by Gasteiger charge is -2.39. The molecule has 0 spiro atoms. The Balaban J connectivity index is 2.38. The van der Waals surface area contributed by atoms with Crippen LogP contribution >= 0.6 is 0 Å². The normalized spacial score (nSPS) is 19.2. The summed E-state index contributed by atoms with van der Waals surface area (Å²) in [5.74, 6) is -2.90. The largest absolute Gasteiger partial charge is 0.475 e. The molecule has 1 aliphatic carbocycles. The number of carboxylic acids is 1. The van der Waals surface area contributed by atoms with Crippen molar-refractivity contribution in [1.29, 1.82) is 0 Å². The summed E-state index contributed by atoms with van der Waals surface area (Å²) in [4.78, 5) is 13.7. The zero-order valence-electron chi connectivity index (χ0n) is 7.91. The third kappa shape index (κ3) is 1.36. The van der Waals surface area contributed by atoms with Gasteiger partial charge in [-0.1, -0.05) is 6.42 Å². The van der Waals surface area contributed by atoms with Crippen molar-refractivity contribution in [3.63, 3.8) is 0 Å². The Labute approximate surface area is 87.3 Å². The van der Waals surface area contributed by atoms with E-state index in [4.69, 9.17) is 5.11 Å². The summed E-state index contributed by atoms with van der Waals surface area (Å²) in [5.41, 5.74) is -2.15. The first-order valence-electron chi connectivity index (χ1n) is 4.51. The molecule has 0 atom stereocenters. The minimum Gasteiger partial charge on any atom is -0.475 e. The van der Waals surface area contributed by atoms with Gasteiger partial charge in [-0.2, -0.15) is 18.2 Å². The van der Waals surface area contributed by atoms with E-state index in [1.807, 2.05) is 0 Å². The van der Waals surface area contributed by atoms with Crippen molar-refractivity contribution < 1.29 is 27.6 Å². The van der Waals surface area contributed by atoms with E-state index in [2.05, 4.69) is 14.7 Å². The third-order valence-corrected chi connectivity index (χ3v) is 2.78. The number of rotatable bonds is 2. The molecule has 1 aromatic heterocycles. The third-order valence-electron chi connectivity index (χ3n) is 2.78. The fourth-order valence-corrected chi connectivity index (χ4v) is 1.65. The zero-order valence-corrected chi connectivity index (χ0v) is 7.91. The van der Waals surface area contributed by atoms with Crippen molar-refractivity contribution in [2.75, 3.05) is 0 Å². The van der Waals surface area contributed by atoms with E-state index in [0.717, 1.165) is 0 Å². The van der Waals surface area contributed by atoms with Crippen LogP contribution in [-0.4, -0.2) is 27.4 Å². The summed E-state index contributed by atoms with van der Waals surface area (Å²) >= 11 is 0. The molecule has 0 unspecified atom stereocenters. The summed E-state index contributed by atoms with van der Waals surface area (Å²) in [6, 6.07) is 0. The number of aromatic nitrogens is 2. The molecule has 0 amide bonds. The summed E-state index contributed by atoms with van der Waals surface area (Å²) in [6.07, 6.45) is -4.37. The molecule has 5 nitrogen and oxygen atoms in total. The molecular weight excluding hydrogens is 229 g/mol. The van der Waals surface area contributed by atoms with Crippen LogP contribution in [0.2, 0.25) is 0 Å². The fraction of sp³-hybridized carbons (Fsp3) is 0.625. The highest BCUT2D eigenvalue weighted by molar-refractivity contribution is 5.82. The molecule has 2 rings (SSSR count). The SMILES string of the molecule is O=C(O)c1noc(C2(C(F)(F)F)CCC2)n1. The van der Waals surface area contributed by atoms with Gasteiger partial charge < -0.3 is 9.63 Å². The lowest BCUT2D eigenvalue weighted by Crippen LogP contribution is -2.48. The number of aromatic carboxylic acids is 1. The molecule has 1 saturated carbocycles. The van der Waals surface area contributed by atoms with Gasteiger partial charge in [-0.05, 0) is 18.0 Å². The Morgan fingerprint density at radius 2 is 2.06 bits per heavy atom. The number of halogens is 3. The summed E-state index contributed by atoms with van der Waals surface area (Å²) in [6.45, 7) is 0. The van der Waals surface area contributed by atoms with Crippen LogP contribution in [0.25, 0.3) is 0 Å². The maximum Gasteiger partial charge on any atom is 0.403 e. The number of carbonyl (C=O) groups is 1. The van der Waals surface area contributed by atoms with Crippen LogP contribution < -0.4 is 0 Å². The van der Waals surface area contributed by atoms with E-state index in [1.54, 1.807) is 0 Å². The van der Waals surface area contributed by atoms with Gasteiger partial charge in [0.15, 0.2) is 0 Å². The molecule has 1 heterocycles. The maximum atomic E-state index is 12.8. The van der Waals surface area contributed by atoms with E-state index < -0.39 is 29.3 Å². The standard InChI is InChI=1S/C8H7F3N2O3/c9-8(10,11)7(2-1-3-7)6-12-4(5(14)15)13-16-6/h1-3H2,(H,14,15). The van der Waals surface area contributed by atoms with Crippen molar-refractivity contribution in [1.82, 2.24) is 10.1 Å². The Morgan fingerprint density at radius 3 is 2.38 bits per heavy atom. The number of hydrogen-bond donors (Lipinski definition) is 1.